The van der Waals surface area contributed by atoms with Crippen LogP contribution in [0.2, 0.25) is 0 Å². The minimum atomic E-state index is -0.702. The third kappa shape index (κ3) is 3.26. The van der Waals surface area contributed by atoms with E-state index in [-0.39, 0.29) is 36.7 Å². The molecule has 3 aliphatic rings. The normalized spacial score (nSPS) is 27.6. The molecule has 4 atom stereocenters. The lowest BCUT2D eigenvalue weighted by Crippen LogP contribution is -2.54. The summed E-state index contributed by atoms with van der Waals surface area (Å²) < 4.78 is 5.49. The van der Waals surface area contributed by atoms with E-state index in [2.05, 4.69) is 20.7 Å². The predicted octanol–water partition coefficient (Wildman–Crippen LogP) is 1.03. The van der Waals surface area contributed by atoms with Gasteiger partial charge < -0.3 is 15.0 Å². The van der Waals surface area contributed by atoms with Crippen molar-refractivity contribution in [2.24, 2.45) is 5.92 Å². The van der Waals surface area contributed by atoms with Gasteiger partial charge in [-0.3, -0.25) is 19.5 Å². The first-order valence-electron chi connectivity index (χ1n) is 10.2. The van der Waals surface area contributed by atoms with Crippen molar-refractivity contribution in [3.05, 3.63) is 23.8 Å². The first-order valence-corrected chi connectivity index (χ1v) is 10.7. The lowest BCUT2D eigenvalue weighted by Gasteiger charge is -2.30. The highest BCUT2D eigenvalue weighted by molar-refractivity contribution is 6.22. The van der Waals surface area contributed by atoms with Crippen molar-refractivity contribution >= 4 is 40.2 Å². The number of hydrogen-bond acceptors (Lipinski definition) is 6. The molecule has 2 aliphatic heterocycles. The summed E-state index contributed by atoms with van der Waals surface area (Å²) in [6.45, 7) is 0.216. The molecule has 2 saturated heterocycles. The van der Waals surface area contributed by atoms with Crippen molar-refractivity contribution in [1.29, 1.82) is 0 Å². The van der Waals surface area contributed by atoms with Gasteiger partial charge >= 0.3 is 0 Å². The zero-order chi connectivity index (χ0) is 20.8. The molecule has 2 aromatic rings. The van der Waals surface area contributed by atoms with Crippen LogP contribution in [-0.4, -0.2) is 74.6 Å². The van der Waals surface area contributed by atoms with E-state index < -0.39 is 23.6 Å². The Kier molecular flexibility index (Phi) is 4.94. The highest BCUT2D eigenvalue weighted by Gasteiger charge is 2.53. The van der Waals surface area contributed by atoms with Crippen LogP contribution in [0.5, 0.6) is 0 Å². The summed E-state index contributed by atoms with van der Waals surface area (Å²) in [4.78, 5) is 40.4. The second kappa shape index (κ2) is 7.63. The van der Waals surface area contributed by atoms with Crippen LogP contribution in [0, 0.1) is 5.92 Å². The van der Waals surface area contributed by atoms with E-state index >= 15 is 0 Å². The minimum absolute atomic E-state index is 0.0268. The standard InChI is InChI=1S/C20H22ClN5O4/c21-12-8-26(17-15(27)9-30-18(12)17)20(29)16(10-3-1-2-4-10)22-19(28)11-5-6-13-14(7-11)24-25-23-13/h5-7,10,12,16-18H,1-4,8-9H2,(H,22,28)(H,23,24,25)/t12-,16?,17+,18+/m0/s1. The number of halogens is 1. The molecule has 2 amide bonds. The lowest BCUT2D eigenvalue weighted by atomic mass is 9.95. The van der Waals surface area contributed by atoms with Gasteiger partial charge in [0, 0.05) is 12.1 Å². The van der Waals surface area contributed by atoms with Crippen LogP contribution in [0.1, 0.15) is 36.0 Å². The molecule has 1 unspecified atom stereocenters. The smallest absolute Gasteiger partial charge is 0.252 e. The Bertz CT molecular complexity index is 1000. The highest BCUT2D eigenvalue weighted by atomic mass is 35.5. The van der Waals surface area contributed by atoms with E-state index in [1.165, 1.54) is 4.90 Å². The molecular formula is C20H22ClN5O4. The van der Waals surface area contributed by atoms with Gasteiger partial charge in [-0.15, -0.1) is 16.7 Å². The number of benzene rings is 1. The zero-order valence-corrected chi connectivity index (χ0v) is 17.0. The Balaban J connectivity index is 1.40. The van der Waals surface area contributed by atoms with Gasteiger partial charge in [-0.1, -0.05) is 18.1 Å². The molecule has 158 valence electrons. The third-order valence-corrected chi connectivity index (χ3v) is 6.80. The van der Waals surface area contributed by atoms with Gasteiger partial charge in [0.1, 0.15) is 30.3 Å². The largest absolute Gasteiger partial charge is 0.366 e. The van der Waals surface area contributed by atoms with E-state index in [0.29, 0.717) is 16.6 Å². The van der Waals surface area contributed by atoms with Crippen molar-refractivity contribution in [3.63, 3.8) is 0 Å². The zero-order valence-electron chi connectivity index (χ0n) is 16.2. The number of hydrogen-bond donors (Lipinski definition) is 2. The number of H-pyrrole nitrogens is 1. The lowest BCUT2D eigenvalue weighted by molar-refractivity contribution is -0.139. The maximum Gasteiger partial charge on any atom is 0.252 e. The topological polar surface area (TPSA) is 117 Å². The molecular weight excluding hydrogens is 410 g/mol. The number of likely N-dealkylation sites (tertiary alicyclic amines) is 1. The van der Waals surface area contributed by atoms with Gasteiger partial charge in [0.25, 0.3) is 5.91 Å². The predicted molar refractivity (Wildman–Crippen MR) is 107 cm³/mol. The fraction of sp³-hybridized carbons (Fsp3) is 0.550. The number of carbonyl (C=O) groups excluding carboxylic acids is 3. The van der Waals surface area contributed by atoms with Crippen LogP contribution >= 0.6 is 11.6 Å². The van der Waals surface area contributed by atoms with Gasteiger partial charge in [0.15, 0.2) is 5.78 Å². The first kappa shape index (κ1) is 19.4. The number of rotatable bonds is 4. The molecule has 3 fully saturated rings. The SMILES string of the molecule is O=C(NC(C(=O)N1C[C@H](Cl)[C@H]2OCC(=O)[C@H]21)C1CCCC1)c1ccc2nn[nH]c2c1. The summed E-state index contributed by atoms with van der Waals surface area (Å²) in [6, 6.07) is 3.67. The summed E-state index contributed by atoms with van der Waals surface area (Å²) in [5.74, 6) is -0.699. The first-order chi connectivity index (χ1) is 14.5. The van der Waals surface area contributed by atoms with E-state index in [9.17, 15) is 14.4 Å². The number of nitrogens with zero attached hydrogens (tertiary/aromatic N) is 3. The molecule has 1 aromatic carbocycles. The molecule has 1 saturated carbocycles. The van der Waals surface area contributed by atoms with Crippen molar-refractivity contribution in [2.45, 2.75) is 49.2 Å². The van der Waals surface area contributed by atoms with E-state index in [1.807, 2.05) is 0 Å². The van der Waals surface area contributed by atoms with Crippen LogP contribution in [0.4, 0.5) is 0 Å². The van der Waals surface area contributed by atoms with Gasteiger partial charge in [-0.2, -0.15) is 0 Å². The minimum Gasteiger partial charge on any atom is -0.366 e. The Morgan fingerprint density at radius 3 is 2.90 bits per heavy atom. The average Bonchev–Trinajstić information content (AvgIpc) is 3.52. The summed E-state index contributed by atoms with van der Waals surface area (Å²) in [7, 11) is 0. The summed E-state index contributed by atoms with van der Waals surface area (Å²) in [6.07, 6.45) is 3.27. The second-order valence-electron chi connectivity index (χ2n) is 8.23. The molecule has 5 rings (SSSR count). The van der Waals surface area contributed by atoms with Crippen LogP contribution in [0.3, 0.4) is 0 Å². The number of amides is 2. The molecule has 1 aromatic heterocycles. The van der Waals surface area contributed by atoms with Crippen LogP contribution in [-0.2, 0) is 14.3 Å². The summed E-state index contributed by atoms with van der Waals surface area (Å²) >= 11 is 6.35. The van der Waals surface area contributed by atoms with Gasteiger partial charge in [-0.25, -0.2) is 0 Å². The monoisotopic (exact) mass is 431 g/mol. The molecule has 1 aliphatic carbocycles. The molecule has 3 heterocycles. The molecule has 0 spiro atoms. The number of carbonyl (C=O) groups is 3. The van der Waals surface area contributed by atoms with Gasteiger partial charge in [-0.05, 0) is 37.0 Å². The Morgan fingerprint density at radius 1 is 1.30 bits per heavy atom. The number of fused-ring (bicyclic) bond motifs is 2. The Morgan fingerprint density at radius 2 is 2.10 bits per heavy atom. The van der Waals surface area contributed by atoms with Crippen LogP contribution < -0.4 is 5.32 Å². The van der Waals surface area contributed by atoms with E-state index in [4.69, 9.17) is 16.3 Å². The fourth-order valence-corrected chi connectivity index (χ4v) is 5.25. The molecule has 9 nitrogen and oxygen atoms in total. The van der Waals surface area contributed by atoms with E-state index in [1.54, 1.807) is 18.2 Å². The fourth-order valence-electron chi connectivity index (χ4n) is 4.89. The molecule has 10 heteroatoms. The Hall–Kier alpha value is -2.52. The maximum atomic E-state index is 13.5. The second-order valence-corrected chi connectivity index (χ2v) is 8.79. The number of aromatic nitrogens is 3. The molecule has 30 heavy (non-hydrogen) atoms. The van der Waals surface area contributed by atoms with E-state index in [0.717, 1.165) is 25.7 Å². The Labute approximate surface area is 177 Å². The maximum absolute atomic E-state index is 13.5. The van der Waals surface area contributed by atoms with Crippen molar-refractivity contribution in [3.8, 4) is 0 Å². The number of Topliss-reactive ketones (excluding diaryl/α,β-unsaturated/α-hetero) is 1. The quantitative estimate of drug-likeness (QED) is 0.698. The highest BCUT2D eigenvalue weighted by Crippen LogP contribution is 2.34. The van der Waals surface area contributed by atoms with Crippen LogP contribution in [0.25, 0.3) is 11.0 Å². The number of nitrogens with one attached hydrogen (secondary N) is 2. The van der Waals surface area contributed by atoms with Gasteiger partial charge in [0.2, 0.25) is 5.91 Å². The average molecular weight is 432 g/mol. The number of ether oxygens (including phenoxy) is 1. The number of ketones is 1. The van der Waals surface area contributed by atoms with Crippen molar-refractivity contribution < 1.29 is 19.1 Å². The molecule has 2 N–H and O–H groups in total. The van der Waals surface area contributed by atoms with Gasteiger partial charge in [0.05, 0.1) is 10.9 Å². The third-order valence-electron chi connectivity index (χ3n) is 6.42. The summed E-state index contributed by atoms with van der Waals surface area (Å²) in [5, 5.41) is 12.9. The molecule has 0 bridgehead atoms. The molecule has 0 radical (unpaired) electrons. The number of aromatic amines is 1. The summed E-state index contributed by atoms with van der Waals surface area (Å²) in [5.41, 5.74) is 1.72. The van der Waals surface area contributed by atoms with Crippen molar-refractivity contribution in [2.75, 3.05) is 13.2 Å². The van der Waals surface area contributed by atoms with Crippen molar-refractivity contribution in [1.82, 2.24) is 25.6 Å². The number of alkyl halides is 1. The van der Waals surface area contributed by atoms with Crippen LogP contribution in [0.15, 0.2) is 18.2 Å².